The molecule has 0 bridgehead atoms. The van der Waals surface area contributed by atoms with Gasteiger partial charge in [-0.2, -0.15) is 0 Å². The van der Waals surface area contributed by atoms with Crippen molar-refractivity contribution in [2.24, 2.45) is 0 Å². The zero-order valence-electron chi connectivity index (χ0n) is 14.0. The van der Waals surface area contributed by atoms with Gasteiger partial charge in [0.15, 0.2) is 0 Å². The summed E-state index contributed by atoms with van der Waals surface area (Å²) in [6, 6.07) is 7.29. The Labute approximate surface area is 151 Å². The molecule has 1 aromatic carbocycles. The number of ether oxygens (including phenoxy) is 1. The highest BCUT2D eigenvalue weighted by atomic mass is 79.9. The standard InChI is InChI=1S/C17H24BrN3O3/c1-14(22)21(9-8-20-10-12-24-13-11-20)7-6-19-17(23)15-4-2-3-5-16(15)18/h2-5H,6-13H2,1H3,(H,19,23). The van der Waals surface area contributed by atoms with Gasteiger partial charge in [0, 0.05) is 50.7 Å². The zero-order valence-corrected chi connectivity index (χ0v) is 15.5. The Bertz CT molecular complexity index is 562. The van der Waals surface area contributed by atoms with Crippen LogP contribution in [0.3, 0.4) is 0 Å². The van der Waals surface area contributed by atoms with Crippen LogP contribution in [0.4, 0.5) is 0 Å². The summed E-state index contributed by atoms with van der Waals surface area (Å²) >= 11 is 3.37. The fourth-order valence-electron chi connectivity index (χ4n) is 2.56. The molecule has 1 aromatic rings. The van der Waals surface area contributed by atoms with E-state index in [1.54, 1.807) is 17.9 Å². The second-order valence-electron chi connectivity index (χ2n) is 5.70. The lowest BCUT2D eigenvalue weighted by Crippen LogP contribution is -2.44. The molecule has 1 N–H and O–H groups in total. The van der Waals surface area contributed by atoms with Crippen molar-refractivity contribution in [2.75, 3.05) is 52.5 Å². The van der Waals surface area contributed by atoms with Crippen molar-refractivity contribution in [1.82, 2.24) is 15.1 Å². The number of rotatable bonds is 7. The van der Waals surface area contributed by atoms with Crippen LogP contribution >= 0.6 is 15.9 Å². The molecule has 2 rings (SSSR count). The Hall–Kier alpha value is -1.44. The van der Waals surface area contributed by atoms with Crippen molar-refractivity contribution in [2.45, 2.75) is 6.92 Å². The van der Waals surface area contributed by atoms with Crippen molar-refractivity contribution < 1.29 is 14.3 Å². The number of carbonyl (C=O) groups is 2. The molecule has 6 nitrogen and oxygen atoms in total. The molecule has 0 aliphatic carbocycles. The molecule has 1 saturated heterocycles. The summed E-state index contributed by atoms with van der Waals surface area (Å²) < 4.78 is 6.09. The molecule has 24 heavy (non-hydrogen) atoms. The van der Waals surface area contributed by atoms with Gasteiger partial charge in [-0.15, -0.1) is 0 Å². The van der Waals surface area contributed by atoms with Crippen molar-refractivity contribution in [3.63, 3.8) is 0 Å². The van der Waals surface area contributed by atoms with E-state index in [2.05, 4.69) is 26.1 Å². The summed E-state index contributed by atoms with van der Waals surface area (Å²) in [5, 5.41) is 2.87. The monoisotopic (exact) mass is 397 g/mol. The average molecular weight is 398 g/mol. The maximum absolute atomic E-state index is 12.2. The van der Waals surface area contributed by atoms with E-state index in [-0.39, 0.29) is 11.8 Å². The predicted molar refractivity (Wildman–Crippen MR) is 96.0 cm³/mol. The van der Waals surface area contributed by atoms with Crippen LogP contribution in [0.15, 0.2) is 28.7 Å². The highest BCUT2D eigenvalue weighted by molar-refractivity contribution is 9.10. The average Bonchev–Trinajstić information content (AvgIpc) is 2.58. The van der Waals surface area contributed by atoms with Crippen molar-refractivity contribution in [3.8, 4) is 0 Å². The molecule has 0 atom stereocenters. The highest BCUT2D eigenvalue weighted by Gasteiger charge is 2.15. The van der Waals surface area contributed by atoms with Gasteiger partial charge >= 0.3 is 0 Å². The van der Waals surface area contributed by atoms with Crippen LogP contribution < -0.4 is 5.32 Å². The lowest BCUT2D eigenvalue weighted by Gasteiger charge is -2.29. The summed E-state index contributed by atoms with van der Waals surface area (Å²) in [5.74, 6) is -0.113. The molecule has 0 unspecified atom stereocenters. The van der Waals surface area contributed by atoms with E-state index in [0.717, 1.165) is 37.3 Å². The molecular weight excluding hydrogens is 374 g/mol. The van der Waals surface area contributed by atoms with Crippen LogP contribution in [0.25, 0.3) is 0 Å². The Morgan fingerprint density at radius 2 is 1.96 bits per heavy atom. The third kappa shape index (κ3) is 5.89. The normalized spacial score (nSPS) is 15.1. The number of hydrogen-bond donors (Lipinski definition) is 1. The van der Waals surface area contributed by atoms with Gasteiger partial charge in [-0.05, 0) is 28.1 Å². The number of benzene rings is 1. The van der Waals surface area contributed by atoms with Crippen LogP contribution in [0.2, 0.25) is 0 Å². The smallest absolute Gasteiger partial charge is 0.252 e. The third-order valence-corrected chi connectivity index (χ3v) is 4.71. The number of hydrogen-bond acceptors (Lipinski definition) is 4. The Kier molecular flexibility index (Phi) is 7.68. The summed E-state index contributed by atoms with van der Waals surface area (Å²) in [6.45, 7) is 7.33. The topological polar surface area (TPSA) is 61.9 Å². The predicted octanol–water partition coefficient (Wildman–Crippen LogP) is 1.36. The molecular formula is C17H24BrN3O3. The van der Waals surface area contributed by atoms with Crippen LogP contribution in [-0.2, 0) is 9.53 Å². The third-order valence-electron chi connectivity index (χ3n) is 4.02. The van der Waals surface area contributed by atoms with Crippen LogP contribution in [0, 0.1) is 0 Å². The number of nitrogens with one attached hydrogen (secondary N) is 1. The number of carbonyl (C=O) groups excluding carboxylic acids is 2. The van der Waals surface area contributed by atoms with Gasteiger partial charge in [-0.1, -0.05) is 12.1 Å². The van der Waals surface area contributed by atoms with E-state index < -0.39 is 0 Å². The van der Waals surface area contributed by atoms with E-state index >= 15 is 0 Å². The summed E-state index contributed by atoms with van der Waals surface area (Å²) in [5.41, 5.74) is 0.597. The SMILES string of the molecule is CC(=O)N(CCNC(=O)c1ccccc1Br)CCN1CCOCC1. The van der Waals surface area contributed by atoms with E-state index in [0.29, 0.717) is 25.2 Å². The van der Waals surface area contributed by atoms with Gasteiger partial charge in [0.25, 0.3) is 5.91 Å². The minimum absolute atomic E-state index is 0.0263. The maximum atomic E-state index is 12.2. The summed E-state index contributed by atoms with van der Waals surface area (Å²) in [7, 11) is 0. The lowest BCUT2D eigenvalue weighted by atomic mass is 10.2. The maximum Gasteiger partial charge on any atom is 0.252 e. The number of nitrogens with zero attached hydrogens (tertiary/aromatic N) is 2. The van der Waals surface area contributed by atoms with E-state index in [1.165, 1.54) is 0 Å². The minimum Gasteiger partial charge on any atom is -0.379 e. The fourth-order valence-corrected chi connectivity index (χ4v) is 3.02. The molecule has 1 fully saturated rings. The number of morpholine rings is 1. The van der Waals surface area contributed by atoms with Gasteiger partial charge < -0.3 is 15.0 Å². The van der Waals surface area contributed by atoms with Crippen molar-refractivity contribution in [3.05, 3.63) is 34.3 Å². The number of halogens is 1. The van der Waals surface area contributed by atoms with E-state index in [4.69, 9.17) is 4.74 Å². The molecule has 132 valence electrons. The van der Waals surface area contributed by atoms with Gasteiger partial charge in [-0.25, -0.2) is 0 Å². The summed E-state index contributed by atoms with van der Waals surface area (Å²) in [6.07, 6.45) is 0. The summed E-state index contributed by atoms with van der Waals surface area (Å²) in [4.78, 5) is 28.0. The van der Waals surface area contributed by atoms with Gasteiger partial charge in [0.05, 0.1) is 18.8 Å². The Morgan fingerprint density at radius 1 is 1.25 bits per heavy atom. The first-order chi connectivity index (χ1) is 11.6. The molecule has 2 amide bonds. The van der Waals surface area contributed by atoms with Gasteiger partial charge in [0.2, 0.25) is 5.91 Å². The fraction of sp³-hybridized carbons (Fsp3) is 0.529. The van der Waals surface area contributed by atoms with Crippen molar-refractivity contribution >= 4 is 27.7 Å². The quantitative estimate of drug-likeness (QED) is 0.754. The Morgan fingerprint density at radius 3 is 2.62 bits per heavy atom. The zero-order chi connectivity index (χ0) is 17.4. The molecule has 7 heteroatoms. The molecule has 1 heterocycles. The molecule has 1 aliphatic heterocycles. The first-order valence-corrected chi connectivity index (χ1v) is 8.95. The molecule has 0 spiro atoms. The molecule has 0 saturated carbocycles. The second-order valence-corrected chi connectivity index (χ2v) is 6.55. The van der Waals surface area contributed by atoms with E-state index in [9.17, 15) is 9.59 Å². The van der Waals surface area contributed by atoms with Crippen LogP contribution in [0.1, 0.15) is 17.3 Å². The lowest BCUT2D eigenvalue weighted by molar-refractivity contribution is -0.129. The van der Waals surface area contributed by atoms with Crippen molar-refractivity contribution in [1.29, 1.82) is 0 Å². The highest BCUT2D eigenvalue weighted by Crippen LogP contribution is 2.15. The molecule has 0 radical (unpaired) electrons. The largest absolute Gasteiger partial charge is 0.379 e. The second kappa shape index (κ2) is 9.76. The first kappa shape index (κ1) is 18.9. The molecule has 0 aromatic heterocycles. The number of amides is 2. The molecule has 1 aliphatic rings. The minimum atomic E-state index is -0.140. The first-order valence-electron chi connectivity index (χ1n) is 8.16. The van der Waals surface area contributed by atoms with Gasteiger partial charge in [-0.3, -0.25) is 14.5 Å². The van der Waals surface area contributed by atoms with E-state index in [1.807, 2.05) is 18.2 Å². The Balaban J connectivity index is 1.75. The van der Waals surface area contributed by atoms with Gasteiger partial charge in [0.1, 0.15) is 0 Å². The van der Waals surface area contributed by atoms with Crippen LogP contribution in [-0.4, -0.2) is 74.1 Å². The van der Waals surface area contributed by atoms with Crippen LogP contribution in [0.5, 0.6) is 0 Å².